The molecule has 0 heterocycles. The first-order valence-electron chi connectivity index (χ1n) is 3.11. The number of hydrogen-bond acceptors (Lipinski definition) is 1. The lowest BCUT2D eigenvalue weighted by molar-refractivity contribution is 0.250. The number of nitrogens with one attached hydrogen (secondary N) is 1. The largest absolute Gasteiger partial charge is 0.340 e. The van der Waals surface area contributed by atoms with E-state index in [0.29, 0.717) is 6.54 Å². The van der Waals surface area contributed by atoms with Crippen molar-refractivity contribution in [2.75, 3.05) is 6.54 Å². The molecule has 1 N–H and O–H groups in total. The smallest absolute Gasteiger partial charge is 0.337 e. The predicted molar refractivity (Wildman–Crippen MR) is 37.9 cm³/mol. The monoisotopic (exact) mass is 128 g/mol. The van der Waals surface area contributed by atoms with Crippen molar-refractivity contribution in [2.24, 2.45) is 4.99 Å². The minimum Gasteiger partial charge on any atom is -0.337 e. The number of amides is 2. The van der Waals surface area contributed by atoms with Gasteiger partial charge in [-0.25, -0.2) is 9.79 Å². The number of nitrogens with zero attached hydrogens (tertiary/aromatic N) is 1. The summed E-state index contributed by atoms with van der Waals surface area (Å²) in [5.41, 5.74) is 0. The Morgan fingerprint density at radius 1 is 1.67 bits per heavy atom. The first-order chi connectivity index (χ1) is 4.31. The van der Waals surface area contributed by atoms with Crippen LogP contribution in [0.3, 0.4) is 0 Å². The summed E-state index contributed by atoms with van der Waals surface area (Å²) >= 11 is 0. The van der Waals surface area contributed by atoms with Gasteiger partial charge in [0, 0.05) is 12.8 Å². The summed E-state index contributed by atoms with van der Waals surface area (Å²) in [7, 11) is 0. The number of carbonyl (C=O) groups is 1. The molecule has 0 saturated heterocycles. The van der Waals surface area contributed by atoms with Crippen LogP contribution in [0.4, 0.5) is 4.79 Å². The summed E-state index contributed by atoms with van der Waals surface area (Å²) in [5.74, 6) is 0. The summed E-state index contributed by atoms with van der Waals surface area (Å²) in [6.45, 7) is 4.43. The second-order valence-corrected chi connectivity index (χ2v) is 1.56. The average molecular weight is 128 g/mol. The molecule has 0 aromatic rings. The van der Waals surface area contributed by atoms with Crippen molar-refractivity contribution in [2.45, 2.75) is 20.3 Å². The molecule has 0 bridgehead atoms. The van der Waals surface area contributed by atoms with Crippen LogP contribution in [-0.2, 0) is 0 Å². The Balaban J connectivity index is 3.37. The van der Waals surface area contributed by atoms with E-state index in [1.54, 1.807) is 6.21 Å². The quantitative estimate of drug-likeness (QED) is 0.558. The van der Waals surface area contributed by atoms with Gasteiger partial charge in [-0.1, -0.05) is 6.92 Å². The van der Waals surface area contributed by atoms with E-state index in [9.17, 15) is 4.79 Å². The molecule has 3 heteroatoms. The molecule has 0 aromatic heterocycles. The highest BCUT2D eigenvalue weighted by molar-refractivity contribution is 5.83. The van der Waals surface area contributed by atoms with E-state index in [4.69, 9.17) is 0 Å². The van der Waals surface area contributed by atoms with Crippen molar-refractivity contribution >= 4 is 12.2 Å². The molecular formula is C6H12N2O. The van der Waals surface area contributed by atoms with E-state index in [2.05, 4.69) is 10.3 Å². The normalized spacial score (nSPS) is 10.0. The van der Waals surface area contributed by atoms with Crippen LogP contribution >= 0.6 is 0 Å². The molecule has 0 fully saturated rings. The van der Waals surface area contributed by atoms with Crippen molar-refractivity contribution in [3.8, 4) is 0 Å². The maximum Gasteiger partial charge on any atom is 0.340 e. The first kappa shape index (κ1) is 8.14. The minimum absolute atomic E-state index is 0.251. The average Bonchev–Trinajstić information content (AvgIpc) is 1.85. The van der Waals surface area contributed by atoms with E-state index in [1.807, 2.05) is 13.8 Å². The molecule has 0 saturated carbocycles. The summed E-state index contributed by atoms with van der Waals surface area (Å²) in [4.78, 5) is 14.1. The molecule has 2 amide bonds. The Morgan fingerprint density at radius 2 is 2.33 bits per heavy atom. The highest BCUT2D eigenvalue weighted by Gasteiger charge is 1.88. The second kappa shape index (κ2) is 5.28. The molecule has 3 nitrogen and oxygen atoms in total. The fraction of sp³-hybridized carbons (Fsp3) is 0.667. The maximum absolute atomic E-state index is 10.5. The summed E-state index contributed by atoms with van der Waals surface area (Å²) in [6.07, 6.45) is 2.39. The van der Waals surface area contributed by atoms with Crippen LogP contribution in [0.1, 0.15) is 20.3 Å². The zero-order valence-electron chi connectivity index (χ0n) is 5.85. The van der Waals surface area contributed by atoms with E-state index in [-0.39, 0.29) is 6.03 Å². The number of aliphatic imine (C=N–C) groups is 1. The van der Waals surface area contributed by atoms with Crippen molar-refractivity contribution in [3.63, 3.8) is 0 Å². The molecule has 52 valence electrons. The van der Waals surface area contributed by atoms with Crippen molar-refractivity contribution in [1.82, 2.24) is 5.32 Å². The van der Waals surface area contributed by atoms with E-state index < -0.39 is 0 Å². The molecule has 0 aliphatic carbocycles. The predicted octanol–water partition coefficient (Wildman–Crippen LogP) is 1.20. The van der Waals surface area contributed by atoms with Gasteiger partial charge in [-0.3, -0.25) is 0 Å². The van der Waals surface area contributed by atoms with Crippen molar-refractivity contribution in [1.29, 1.82) is 0 Å². The third-order valence-electron chi connectivity index (χ3n) is 0.719. The minimum atomic E-state index is -0.251. The standard InChI is InChI=1S/C6H12N2O/c1-3-5-8-6(9)7-4-2/h5H,3-4H2,1-2H3,(H,7,9). The van der Waals surface area contributed by atoms with Gasteiger partial charge in [0.25, 0.3) is 0 Å². The van der Waals surface area contributed by atoms with Gasteiger partial charge in [0.1, 0.15) is 0 Å². The second-order valence-electron chi connectivity index (χ2n) is 1.56. The van der Waals surface area contributed by atoms with Crippen molar-refractivity contribution in [3.05, 3.63) is 0 Å². The molecule has 0 radical (unpaired) electrons. The third kappa shape index (κ3) is 5.00. The van der Waals surface area contributed by atoms with Crippen LogP contribution in [0.25, 0.3) is 0 Å². The lowest BCUT2D eigenvalue weighted by Gasteiger charge is -1.91. The lowest BCUT2D eigenvalue weighted by Crippen LogP contribution is -2.18. The number of urea groups is 1. The Labute approximate surface area is 55.2 Å². The Kier molecular flexibility index (Phi) is 4.78. The van der Waals surface area contributed by atoms with Gasteiger partial charge in [-0.15, -0.1) is 0 Å². The van der Waals surface area contributed by atoms with Gasteiger partial charge in [-0.05, 0) is 13.3 Å². The van der Waals surface area contributed by atoms with Gasteiger partial charge >= 0.3 is 6.03 Å². The zero-order valence-corrected chi connectivity index (χ0v) is 5.85. The van der Waals surface area contributed by atoms with E-state index >= 15 is 0 Å². The summed E-state index contributed by atoms with van der Waals surface area (Å²) < 4.78 is 0. The van der Waals surface area contributed by atoms with Gasteiger partial charge < -0.3 is 5.32 Å². The van der Waals surface area contributed by atoms with Crippen LogP contribution in [-0.4, -0.2) is 18.8 Å². The fourth-order valence-corrected chi connectivity index (χ4v) is 0.371. The van der Waals surface area contributed by atoms with Gasteiger partial charge in [0.15, 0.2) is 0 Å². The fourth-order valence-electron chi connectivity index (χ4n) is 0.371. The number of hydrogen-bond donors (Lipinski definition) is 1. The molecule has 0 rings (SSSR count). The molecule has 0 aliphatic rings. The summed E-state index contributed by atoms with van der Waals surface area (Å²) in [6, 6.07) is -0.251. The lowest BCUT2D eigenvalue weighted by atomic mass is 10.5. The third-order valence-corrected chi connectivity index (χ3v) is 0.719. The van der Waals surface area contributed by atoms with Crippen LogP contribution < -0.4 is 5.32 Å². The molecular weight excluding hydrogens is 116 g/mol. The zero-order chi connectivity index (χ0) is 7.11. The Hall–Kier alpha value is -0.860. The van der Waals surface area contributed by atoms with E-state index in [1.165, 1.54) is 0 Å². The topological polar surface area (TPSA) is 41.5 Å². The highest BCUT2D eigenvalue weighted by atomic mass is 16.2. The SMILES string of the molecule is CCC=NC(=O)NCC. The van der Waals surface area contributed by atoms with Gasteiger partial charge in [0.2, 0.25) is 0 Å². The van der Waals surface area contributed by atoms with Crippen LogP contribution in [0, 0.1) is 0 Å². The van der Waals surface area contributed by atoms with Crippen LogP contribution in [0.5, 0.6) is 0 Å². The molecule has 0 aliphatic heterocycles. The Bertz CT molecular complexity index is 110. The Morgan fingerprint density at radius 3 is 2.78 bits per heavy atom. The van der Waals surface area contributed by atoms with Crippen LogP contribution in [0.15, 0.2) is 4.99 Å². The first-order valence-corrected chi connectivity index (χ1v) is 3.11. The number of carbonyl (C=O) groups excluding carboxylic acids is 1. The molecule has 0 atom stereocenters. The molecule has 0 aromatic carbocycles. The molecule has 9 heavy (non-hydrogen) atoms. The number of rotatable bonds is 2. The van der Waals surface area contributed by atoms with Crippen molar-refractivity contribution < 1.29 is 4.79 Å². The van der Waals surface area contributed by atoms with Gasteiger partial charge in [-0.2, -0.15) is 0 Å². The molecule has 0 unspecified atom stereocenters. The maximum atomic E-state index is 10.5. The highest BCUT2D eigenvalue weighted by Crippen LogP contribution is 1.73. The van der Waals surface area contributed by atoms with Crippen LogP contribution in [0.2, 0.25) is 0 Å². The van der Waals surface area contributed by atoms with Gasteiger partial charge in [0.05, 0.1) is 0 Å². The van der Waals surface area contributed by atoms with E-state index in [0.717, 1.165) is 6.42 Å². The summed E-state index contributed by atoms with van der Waals surface area (Å²) in [5, 5.41) is 2.54. The molecule has 0 spiro atoms.